The van der Waals surface area contributed by atoms with Crippen LogP contribution in [0.5, 0.6) is 11.5 Å². The maximum absolute atomic E-state index is 12.3. The molecule has 1 aromatic carbocycles. The summed E-state index contributed by atoms with van der Waals surface area (Å²) in [6, 6.07) is 3.25. The average Bonchev–Trinajstić information content (AvgIpc) is 2.53. The predicted octanol–water partition coefficient (Wildman–Crippen LogP) is 2.83. The number of carbonyl (C=O) groups excluding carboxylic acids is 1. The van der Waals surface area contributed by atoms with Crippen molar-refractivity contribution in [2.24, 2.45) is 5.73 Å². The molecule has 0 atom stereocenters. The summed E-state index contributed by atoms with van der Waals surface area (Å²) >= 11 is 0. The predicted molar refractivity (Wildman–Crippen MR) is 97.3 cm³/mol. The molecule has 1 aromatic rings. The molecule has 8 nitrogen and oxygen atoms in total. The van der Waals surface area contributed by atoms with E-state index in [9.17, 15) is 14.9 Å². The third-order valence-electron chi connectivity index (χ3n) is 3.39. The van der Waals surface area contributed by atoms with Crippen LogP contribution in [0.2, 0.25) is 25.7 Å². The number of carbonyl (C=O) groups is 1. The number of nitrogens with two attached hydrogens (primary N) is 1. The van der Waals surface area contributed by atoms with Crippen LogP contribution < -0.4 is 15.2 Å². The quantitative estimate of drug-likeness (QED) is 0.221. The molecule has 0 aliphatic rings. The number of benzene rings is 1. The summed E-state index contributed by atoms with van der Waals surface area (Å²) in [5, 5.41) is 11.3. The van der Waals surface area contributed by atoms with E-state index >= 15 is 0 Å². The van der Waals surface area contributed by atoms with Gasteiger partial charge in [0.2, 0.25) is 0 Å². The molecule has 0 bridgehead atoms. The largest absolute Gasteiger partial charge is 0.493 e. The molecular weight excluding hydrogens is 344 g/mol. The zero-order valence-corrected chi connectivity index (χ0v) is 16.2. The van der Waals surface area contributed by atoms with Crippen LogP contribution in [0.3, 0.4) is 0 Å². The van der Waals surface area contributed by atoms with Crippen molar-refractivity contribution in [3.05, 3.63) is 27.8 Å². The van der Waals surface area contributed by atoms with Crippen LogP contribution in [0.15, 0.2) is 12.1 Å². The molecule has 9 heteroatoms. The molecule has 0 aliphatic carbocycles. The summed E-state index contributed by atoms with van der Waals surface area (Å²) in [4.78, 5) is 23.0. The summed E-state index contributed by atoms with van der Waals surface area (Å²) in [5.41, 5.74) is 4.90. The van der Waals surface area contributed by atoms with Crippen LogP contribution in [0.4, 0.5) is 5.69 Å². The minimum atomic E-state index is -1.38. The van der Waals surface area contributed by atoms with Crippen molar-refractivity contribution in [3.63, 3.8) is 0 Å². The fraction of sp³-hybridized carbons (Fsp3) is 0.562. The number of nitro benzene ring substituents is 1. The minimum Gasteiger partial charge on any atom is -0.493 e. The van der Waals surface area contributed by atoms with Gasteiger partial charge in [-0.1, -0.05) is 19.6 Å². The van der Waals surface area contributed by atoms with Gasteiger partial charge in [0, 0.05) is 14.1 Å². The van der Waals surface area contributed by atoms with E-state index in [4.69, 9.17) is 19.9 Å². The number of esters is 1. The topological polar surface area (TPSA) is 114 Å². The normalized spacial score (nSPS) is 11.1. The van der Waals surface area contributed by atoms with Crippen LogP contribution in [0.1, 0.15) is 16.8 Å². The average molecular weight is 370 g/mol. The van der Waals surface area contributed by atoms with E-state index < -0.39 is 19.0 Å². The van der Waals surface area contributed by atoms with Crippen molar-refractivity contribution in [3.8, 4) is 11.5 Å². The van der Waals surface area contributed by atoms with Gasteiger partial charge < -0.3 is 19.9 Å². The molecule has 0 aliphatic heterocycles. The van der Waals surface area contributed by atoms with Crippen LogP contribution >= 0.6 is 0 Å². The second-order valence-electron chi connectivity index (χ2n) is 6.71. The Morgan fingerprint density at radius 3 is 2.44 bits per heavy atom. The second-order valence-corrected chi connectivity index (χ2v) is 12.3. The number of ether oxygens (including phenoxy) is 3. The zero-order valence-electron chi connectivity index (χ0n) is 15.2. The maximum Gasteiger partial charge on any atom is 0.345 e. The van der Waals surface area contributed by atoms with Crippen molar-refractivity contribution in [2.45, 2.75) is 32.1 Å². The van der Waals surface area contributed by atoms with E-state index in [2.05, 4.69) is 19.6 Å². The number of methoxy groups -OCH3 is 1. The highest BCUT2D eigenvalue weighted by Crippen LogP contribution is 2.35. The summed E-state index contributed by atoms with van der Waals surface area (Å²) < 4.78 is 15.9. The monoisotopic (exact) mass is 370 g/mol. The van der Waals surface area contributed by atoms with Crippen LogP contribution in [-0.2, 0) is 4.74 Å². The Labute approximate surface area is 148 Å². The number of nitrogens with zero attached hydrogens (tertiary/aromatic N) is 1. The summed E-state index contributed by atoms with van der Waals surface area (Å²) in [6.45, 7) is 7.46. The maximum atomic E-state index is 12.3. The van der Waals surface area contributed by atoms with Gasteiger partial charge in [0.25, 0.3) is 5.69 Å². The summed E-state index contributed by atoms with van der Waals surface area (Å²) in [5.74, 6) is -0.308. The molecule has 0 spiro atoms. The van der Waals surface area contributed by atoms with E-state index in [1.165, 1.54) is 19.2 Å². The van der Waals surface area contributed by atoms with Crippen LogP contribution in [0, 0.1) is 10.1 Å². The fourth-order valence-corrected chi connectivity index (χ4v) is 2.64. The van der Waals surface area contributed by atoms with Crippen LogP contribution in [-0.4, -0.2) is 45.8 Å². The molecule has 25 heavy (non-hydrogen) atoms. The number of nitro groups is 1. The standard InChI is InChI=1S/C16H26N2O6Si/c1-22-14-11-13(18(20)21)12(10-15(14)23-7-5-6-17)16(19)24-8-9-25(2,3)4/h10-11H,5-9,17H2,1-4H3. The first-order chi connectivity index (χ1) is 11.7. The molecule has 2 N–H and O–H groups in total. The molecule has 0 heterocycles. The molecule has 0 fully saturated rings. The third-order valence-corrected chi connectivity index (χ3v) is 5.09. The Morgan fingerprint density at radius 1 is 1.24 bits per heavy atom. The lowest BCUT2D eigenvalue weighted by molar-refractivity contribution is -0.385. The van der Waals surface area contributed by atoms with E-state index in [1.54, 1.807) is 0 Å². The van der Waals surface area contributed by atoms with Crippen molar-refractivity contribution in [1.29, 1.82) is 0 Å². The molecular formula is C16H26N2O6Si. The van der Waals surface area contributed by atoms with Gasteiger partial charge in [-0.25, -0.2) is 4.79 Å². The molecule has 0 radical (unpaired) electrons. The molecule has 0 saturated carbocycles. The van der Waals surface area contributed by atoms with E-state index in [0.717, 1.165) is 6.04 Å². The highest BCUT2D eigenvalue weighted by molar-refractivity contribution is 6.76. The van der Waals surface area contributed by atoms with Gasteiger partial charge in [-0.05, 0) is 19.0 Å². The van der Waals surface area contributed by atoms with Gasteiger partial charge in [-0.2, -0.15) is 0 Å². The number of rotatable bonds is 10. The molecule has 0 saturated heterocycles. The van der Waals surface area contributed by atoms with E-state index in [-0.39, 0.29) is 29.4 Å². The Balaban J connectivity index is 3.06. The fourth-order valence-electron chi connectivity index (χ4n) is 1.93. The third kappa shape index (κ3) is 6.71. The zero-order chi connectivity index (χ0) is 19.0. The van der Waals surface area contributed by atoms with Crippen molar-refractivity contribution >= 4 is 19.7 Å². The van der Waals surface area contributed by atoms with Gasteiger partial charge in [-0.3, -0.25) is 10.1 Å². The summed E-state index contributed by atoms with van der Waals surface area (Å²) in [7, 11) is 0.000266. The molecule has 1 rings (SSSR count). The van der Waals surface area contributed by atoms with Gasteiger partial charge in [0.15, 0.2) is 11.5 Å². The highest BCUT2D eigenvalue weighted by Gasteiger charge is 2.26. The lowest BCUT2D eigenvalue weighted by Crippen LogP contribution is -2.23. The highest BCUT2D eigenvalue weighted by atomic mass is 28.3. The second kappa shape index (κ2) is 9.38. The van der Waals surface area contributed by atoms with E-state index in [0.29, 0.717) is 19.6 Å². The van der Waals surface area contributed by atoms with Gasteiger partial charge >= 0.3 is 5.97 Å². The first-order valence-corrected chi connectivity index (χ1v) is 11.8. The summed E-state index contributed by atoms with van der Waals surface area (Å²) in [6.07, 6.45) is 0.607. The number of hydrogen-bond donors (Lipinski definition) is 1. The Bertz CT molecular complexity index is 615. The molecule has 0 amide bonds. The smallest absolute Gasteiger partial charge is 0.345 e. The van der Waals surface area contributed by atoms with Crippen molar-refractivity contribution in [1.82, 2.24) is 0 Å². The SMILES string of the molecule is COc1cc([N+](=O)[O-])c(C(=O)OCC[Si](C)(C)C)cc1OCCCN. The molecule has 0 aromatic heterocycles. The van der Waals surface area contributed by atoms with Gasteiger partial charge in [0.05, 0.1) is 31.3 Å². The first kappa shape index (κ1) is 20.9. The van der Waals surface area contributed by atoms with Gasteiger partial charge in [-0.15, -0.1) is 0 Å². The molecule has 140 valence electrons. The van der Waals surface area contributed by atoms with Crippen molar-refractivity contribution in [2.75, 3.05) is 26.9 Å². The Hall–Kier alpha value is -2.13. The first-order valence-electron chi connectivity index (χ1n) is 8.06. The molecule has 0 unspecified atom stereocenters. The van der Waals surface area contributed by atoms with E-state index in [1.807, 2.05) is 0 Å². The minimum absolute atomic E-state index is 0.149. The Morgan fingerprint density at radius 2 is 1.92 bits per heavy atom. The van der Waals surface area contributed by atoms with Crippen LogP contribution in [0.25, 0.3) is 0 Å². The van der Waals surface area contributed by atoms with Gasteiger partial charge in [0.1, 0.15) is 5.56 Å². The van der Waals surface area contributed by atoms with Crippen molar-refractivity contribution < 1.29 is 23.9 Å². The number of hydrogen-bond acceptors (Lipinski definition) is 7. The Kier molecular flexibility index (Phi) is 7.84. The lowest BCUT2D eigenvalue weighted by atomic mass is 10.1. The lowest BCUT2D eigenvalue weighted by Gasteiger charge is -2.16.